The molecule has 1 fully saturated rings. The summed E-state index contributed by atoms with van der Waals surface area (Å²) in [5, 5.41) is 3.44. The lowest BCUT2D eigenvalue weighted by atomic mass is 9.89. The van der Waals surface area contributed by atoms with Crippen molar-refractivity contribution < 1.29 is 0 Å². The largest absolute Gasteiger partial charge is 0.316 e. The molecule has 1 N–H and O–H groups in total. The van der Waals surface area contributed by atoms with E-state index >= 15 is 0 Å². The van der Waals surface area contributed by atoms with Crippen LogP contribution in [0.3, 0.4) is 0 Å². The average molecular weight is 232 g/mol. The second kappa shape index (κ2) is 6.18. The molecule has 1 aromatic rings. The quantitative estimate of drug-likeness (QED) is 0.856. The molecule has 0 aromatic heterocycles. The van der Waals surface area contributed by atoms with Crippen LogP contribution in [-0.4, -0.2) is 37.6 Å². The first kappa shape index (κ1) is 12.6. The zero-order valence-corrected chi connectivity index (χ0v) is 11.0. The Kier molecular flexibility index (Phi) is 4.57. The van der Waals surface area contributed by atoms with Crippen LogP contribution in [0.5, 0.6) is 0 Å². The zero-order chi connectivity index (χ0) is 12.1. The molecule has 2 nitrogen and oxygen atoms in total. The maximum absolute atomic E-state index is 3.44. The van der Waals surface area contributed by atoms with Crippen LogP contribution >= 0.6 is 0 Å². The first-order valence-corrected chi connectivity index (χ1v) is 6.75. The van der Waals surface area contributed by atoms with E-state index in [-0.39, 0.29) is 0 Å². The fourth-order valence-corrected chi connectivity index (χ4v) is 2.87. The predicted molar refractivity (Wildman–Crippen MR) is 73.2 cm³/mol. The molecule has 0 aliphatic carbocycles. The van der Waals surface area contributed by atoms with E-state index in [9.17, 15) is 0 Å². The molecule has 94 valence electrons. The Labute approximate surface area is 105 Å². The highest BCUT2D eigenvalue weighted by Crippen LogP contribution is 2.20. The smallest absolute Gasteiger partial charge is 0.0195 e. The number of piperidine rings is 1. The number of rotatable bonds is 4. The van der Waals surface area contributed by atoms with Gasteiger partial charge in [0.1, 0.15) is 0 Å². The summed E-state index contributed by atoms with van der Waals surface area (Å²) in [5.74, 6) is 0.795. The molecule has 0 amide bonds. The van der Waals surface area contributed by atoms with Crippen LogP contribution in [0.15, 0.2) is 30.3 Å². The van der Waals surface area contributed by atoms with Gasteiger partial charge in [0.15, 0.2) is 0 Å². The molecule has 1 aliphatic heterocycles. The minimum Gasteiger partial charge on any atom is -0.316 e. The number of hydrogen-bond acceptors (Lipinski definition) is 2. The minimum absolute atomic E-state index is 0.664. The number of nitrogens with one attached hydrogen (secondary N) is 1. The molecule has 0 bridgehead atoms. The van der Waals surface area contributed by atoms with Crippen molar-refractivity contribution in [3.05, 3.63) is 35.9 Å². The average Bonchev–Trinajstić information content (AvgIpc) is 2.39. The third-order valence-corrected chi connectivity index (χ3v) is 3.84. The van der Waals surface area contributed by atoms with Gasteiger partial charge < -0.3 is 10.2 Å². The monoisotopic (exact) mass is 232 g/mol. The van der Waals surface area contributed by atoms with Crippen LogP contribution < -0.4 is 5.32 Å². The number of hydrogen-bond donors (Lipinski definition) is 1. The van der Waals surface area contributed by atoms with Gasteiger partial charge in [0, 0.05) is 19.1 Å². The van der Waals surface area contributed by atoms with Crippen molar-refractivity contribution in [2.45, 2.75) is 25.8 Å². The normalized spacial score (nSPS) is 26.0. The van der Waals surface area contributed by atoms with Crippen molar-refractivity contribution in [3.8, 4) is 0 Å². The molecule has 1 heterocycles. The van der Waals surface area contributed by atoms with Gasteiger partial charge in [0.2, 0.25) is 0 Å². The van der Waals surface area contributed by atoms with Crippen LogP contribution in [0.2, 0.25) is 0 Å². The molecular formula is C15H24N2. The van der Waals surface area contributed by atoms with E-state index in [1.165, 1.54) is 38.0 Å². The van der Waals surface area contributed by atoms with Crippen LogP contribution in [-0.2, 0) is 6.42 Å². The third-order valence-electron chi connectivity index (χ3n) is 3.84. The Bertz CT molecular complexity index is 311. The number of likely N-dealkylation sites (tertiary alicyclic amines) is 1. The lowest BCUT2D eigenvalue weighted by molar-refractivity contribution is 0.150. The molecule has 2 heteroatoms. The molecule has 2 atom stereocenters. The minimum atomic E-state index is 0.664. The van der Waals surface area contributed by atoms with Gasteiger partial charge in [0.05, 0.1) is 0 Å². The van der Waals surface area contributed by atoms with Crippen molar-refractivity contribution in [1.29, 1.82) is 0 Å². The Morgan fingerprint density at radius 1 is 1.24 bits per heavy atom. The fraction of sp³-hybridized carbons (Fsp3) is 0.600. The molecule has 0 radical (unpaired) electrons. The summed E-state index contributed by atoms with van der Waals surface area (Å²) in [6.07, 6.45) is 2.53. The van der Waals surface area contributed by atoms with E-state index in [2.05, 4.69) is 54.5 Å². The summed E-state index contributed by atoms with van der Waals surface area (Å²) in [5.41, 5.74) is 1.48. The number of benzene rings is 1. The second-order valence-corrected chi connectivity index (χ2v) is 5.13. The summed E-state index contributed by atoms with van der Waals surface area (Å²) >= 11 is 0. The number of nitrogens with zero attached hydrogens (tertiary/aromatic N) is 1. The van der Waals surface area contributed by atoms with E-state index in [1.54, 1.807) is 0 Å². The summed E-state index contributed by atoms with van der Waals surface area (Å²) < 4.78 is 0. The topological polar surface area (TPSA) is 15.3 Å². The van der Waals surface area contributed by atoms with Gasteiger partial charge in [-0.1, -0.05) is 37.3 Å². The van der Waals surface area contributed by atoms with E-state index in [0.717, 1.165) is 5.92 Å². The van der Waals surface area contributed by atoms with Crippen LogP contribution in [0, 0.1) is 5.92 Å². The molecule has 0 saturated carbocycles. The summed E-state index contributed by atoms with van der Waals surface area (Å²) in [6, 6.07) is 11.5. The van der Waals surface area contributed by atoms with Crippen LogP contribution in [0.1, 0.15) is 18.9 Å². The van der Waals surface area contributed by atoms with Crippen LogP contribution in [0.25, 0.3) is 0 Å². The predicted octanol–water partition coefficient (Wildman–Crippen LogP) is 2.16. The van der Waals surface area contributed by atoms with Crippen molar-refractivity contribution in [2.24, 2.45) is 5.92 Å². The molecule has 1 aromatic carbocycles. The molecule has 2 rings (SSSR count). The van der Waals surface area contributed by atoms with Crippen molar-refractivity contribution >= 4 is 0 Å². The van der Waals surface area contributed by atoms with E-state index in [4.69, 9.17) is 0 Å². The molecular weight excluding hydrogens is 208 g/mol. The summed E-state index contributed by atoms with van der Waals surface area (Å²) in [6.45, 7) is 5.89. The fourth-order valence-electron chi connectivity index (χ4n) is 2.87. The Morgan fingerprint density at radius 2 is 2.00 bits per heavy atom. The van der Waals surface area contributed by atoms with Crippen molar-refractivity contribution in [2.75, 3.05) is 26.7 Å². The van der Waals surface area contributed by atoms with Gasteiger partial charge in [-0.3, -0.25) is 0 Å². The van der Waals surface area contributed by atoms with Crippen molar-refractivity contribution in [3.63, 3.8) is 0 Å². The van der Waals surface area contributed by atoms with E-state index in [1.807, 2.05) is 0 Å². The highest BCUT2D eigenvalue weighted by Gasteiger charge is 2.25. The molecule has 2 unspecified atom stereocenters. The maximum atomic E-state index is 3.44. The zero-order valence-electron chi connectivity index (χ0n) is 11.0. The van der Waals surface area contributed by atoms with Gasteiger partial charge in [-0.05, 0) is 37.9 Å². The molecule has 1 aliphatic rings. The maximum Gasteiger partial charge on any atom is 0.0195 e. The number of likely N-dealkylation sites (N-methyl/N-ethyl adjacent to an activating group) is 2. The highest BCUT2D eigenvalue weighted by atomic mass is 15.2. The van der Waals surface area contributed by atoms with E-state index < -0.39 is 0 Å². The lowest BCUT2D eigenvalue weighted by Gasteiger charge is -2.37. The first-order chi connectivity index (χ1) is 8.31. The Hall–Kier alpha value is -0.860. The molecule has 0 spiro atoms. The van der Waals surface area contributed by atoms with Crippen LogP contribution in [0.4, 0.5) is 0 Å². The SMILES string of the molecule is CCN1CC(Cc2ccccc2)CC(NC)C1. The van der Waals surface area contributed by atoms with Gasteiger partial charge in [-0.15, -0.1) is 0 Å². The Morgan fingerprint density at radius 3 is 2.65 bits per heavy atom. The Balaban J connectivity index is 1.95. The first-order valence-electron chi connectivity index (χ1n) is 6.75. The van der Waals surface area contributed by atoms with Gasteiger partial charge in [-0.25, -0.2) is 0 Å². The molecule has 1 saturated heterocycles. The second-order valence-electron chi connectivity index (χ2n) is 5.13. The highest BCUT2D eigenvalue weighted by molar-refractivity contribution is 5.15. The molecule has 17 heavy (non-hydrogen) atoms. The lowest BCUT2D eigenvalue weighted by Crippen LogP contribution is -2.48. The van der Waals surface area contributed by atoms with E-state index in [0.29, 0.717) is 6.04 Å². The van der Waals surface area contributed by atoms with Gasteiger partial charge >= 0.3 is 0 Å². The van der Waals surface area contributed by atoms with Gasteiger partial charge in [-0.2, -0.15) is 0 Å². The van der Waals surface area contributed by atoms with Gasteiger partial charge in [0.25, 0.3) is 0 Å². The summed E-state index contributed by atoms with van der Waals surface area (Å²) in [7, 11) is 2.09. The summed E-state index contributed by atoms with van der Waals surface area (Å²) in [4.78, 5) is 2.57. The standard InChI is InChI=1S/C15H24N2/c1-3-17-11-14(10-15(12-17)16-2)9-13-7-5-4-6-8-13/h4-8,14-16H,3,9-12H2,1-2H3. The third kappa shape index (κ3) is 3.55. The van der Waals surface area contributed by atoms with Crippen molar-refractivity contribution in [1.82, 2.24) is 10.2 Å².